The van der Waals surface area contributed by atoms with Crippen LogP contribution in [0.3, 0.4) is 0 Å². The van der Waals surface area contributed by atoms with Crippen molar-refractivity contribution < 1.29 is 4.39 Å². The fraction of sp³-hybridized carbons (Fsp3) is 0.529. The summed E-state index contributed by atoms with van der Waals surface area (Å²) in [6.07, 6.45) is 5.83. The highest BCUT2D eigenvalue weighted by Gasteiger charge is 2.25. The highest BCUT2D eigenvalue weighted by atomic mass is 19.1. The lowest BCUT2D eigenvalue weighted by Gasteiger charge is -2.35. The zero-order valence-corrected chi connectivity index (χ0v) is 13.0. The molecule has 3 rings (SSSR count). The van der Waals surface area contributed by atoms with Gasteiger partial charge in [0.15, 0.2) is 0 Å². The van der Waals surface area contributed by atoms with Crippen LogP contribution >= 0.6 is 0 Å². The van der Waals surface area contributed by atoms with E-state index in [9.17, 15) is 4.39 Å². The second kappa shape index (κ2) is 7.01. The van der Waals surface area contributed by atoms with E-state index in [2.05, 4.69) is 27.0 Å². The van der Waals surface area contributed by atoms with Crippen LogP contribution in [0.2, 0.25) is 0 Å². The van der Waals surface area contributed by atoms with Crippen molar-refractivity contribution in [2.45, 2.75) is 44.6 Å². The Balaban J connectivity index is 1.46. The fourth-order valence-electron chi connectivity index (χ4n) is 3.28. The number of aromatic amines is 1. The minimum absolute atomic E-state index is 0.141. The number of nitrogens with one attached hydrogen (secondary N) is 1. The molecule has 1 fully saturated rings. The summed E-state index contributed by atoms with van der Waals surface area (Å²) < 4.78 is 13.2. The quantitative estimate of drug-likeness (QED) is 0.923. The second-order valence-corrected chi connectivity index (χ2v) is 6.20. The van der Waals surface area contributed by atoms with E-state index in [0.717, 1.165) is 50.2 Å². The Morgan fingerprint density at radius 2 is 2.18 bits per heavy atom. The molecule has 1 aromatic heterocycles. The van der Waals surface area contributed by atoms with Crippen LogP contribution in [-0.2, 0) is 6.42 Å². The summed E-state index contributed by atoms with van der Waals surface area (Å²) in [4.78, 5) is 6.81. The van der Waals surface area contributed by atoms with E-state index < -0.39 is 0 Å². The van der Waals surface area contributed by atoms with Gasteiger partial charge in [0.1, 0.15) is 18.0 Å². The highest BCUT2D eigenvalue weighted by Crippen LogP contribution is 2.26. The topological polar surface area (TPSA) is 44.8 Å². The van der Waals surface area contributed by atoms with Gasteiger partial charge in [0.2, 0.25) is 0 Å². The van der Waals surface area contributed by atoms with E-state index >= 15 is 0 Å². The van der Waals surface area contributed by atoms with Gasteiger partial charge < -0.3 is 4.90 Å². The number of aromatic nitrogens is 3. The van der Waals surface area contributed by atoms with Crippen molar-refractivity contribution in [3.63, 3.8) is 0 Å². The first-order valence-electron chi connectivity index (χ1n) is 8.06. The molecule has 0 spiro atoms. The van der Waals surface area contributed by atoms with E-state index in [4.69, 9.17) is 0 Å². The van der Waals surface area contributed by atoms with Gasteiger partial charge in [0, 0.05) is 12.0 Å². The van der Waals surface area contributed by atoms with Gasteiger partial charge in [0.05, 0.1) is 0 Å². The Morgan fingerprint density at radius 1 is 1.36 bits per heavy atom. The van der Waals surface area contributed by atoms with Crippen molar-refractivity contribution in [3.8, 4) is 0 Å². The fourth-order valence-corrected chi connectivity index (χ4v) is 3.28. The number of aryl methyl sites for hydroxylation is 1. The molecule has 1 saturated heterocycles. The van der Waals surface area contributed by atoms with Crippen molar-refractivity contribution in [1.29, 1.82) is 0 Å². The molecule has 118 valence electrons. The van der Waals surface area contributed by atoms with Crippen molar-refractivity contribution in [2.75, 3.05) is 13.1 Å². The first-order valence-corrected chi connectivity index (χ1v) is 8.06. The molecule has 0 aliphatic carbocycles. The zero-order chi connectivity index (χ0) is 15.4. The summed E-state index contributed by atoms with van der Waals surface area (Å²) in [7, 11) is 0. The van der Waals surface area contributed by atoms with Gasteiger partial charge in [-0.05, 0) is 63.4 Å². The van der Waals surface area contributed by atoms with Crippen LogP contribution in [-0.4, -0.2) is 39.2 Å². The van der Waals surface area contributed by atoms with Gasteiger partial charge in [-0.25, -0.2) is 9.37 Å². The average Bonchev–Trinajstić information content (AvgIpc) is 3.07. The van der Waals surface area contributed by atoms with Gasteiger partial charge in [-0.3, -0.25) is 5.10 Å². The molecule has 2 aromatic rings. The minimum Gasteiger partial charge on any atom is -0.301 e. The maximum Gasteiger partial charge on any atom is 0.137 e. The second-order valence-electron chi connectivity index (χ2n) is 6.20. The summed E-state index contributed by atoms with van der Waals surface area (Å²) in [5.41, 5.74) is 1.09. The van der Waals surface area contributed by atoms with Crippen LogP contribution in [0.15, 0.2) is 30.6 Å². The lowest BCUT2D eigenvalue weighted by Crippen LogP contribution is -2.39. The summed E-state index contributed by atoms with van der Waals surface area (Å²) in [6, 6.07) is 7.47. The van der Waals surface area contributed by atoms with E-state index in [1.54, 1.807) is 18.5 Å². The number of likely N-dealkylation sites (tertiary alicyclic amines) is 1. The average molecular weight is 302 g/mol. The van der Waals surface area contributed by atoms with Gasteiger partial charge in [-0.15, -0.1) is 0 Å². The third-order valence-electron chi connectivity index (χ3n) is 4.71. The molecule has 1 N–H and O–H groups in total. The third kappa shape index (κ3) is 3.71. The van der Waals surface area contributed by atoms with E-state index in [1.807, 2.05) is 6.07 Å². The number of hydrogen-bond donors (Lipinski definition) is 1. The predicted molar refractivity (Wildman–Crippen MR) is 84.1 cm³/mol. The first kappa shape index (κ1) is 15.2. The largest absolute Gasteiger partial charge is 0.301 e. The summed E-state index contributed by atoms with van der Waals surface area (Å²) >= 11 is 0. The Labute approximate surface area is 130 Å². The molecule has 0 saturated carbocycles. The van der Waals surface area contributed by atoms with Crippen molar-refractivity contribution in [3.05, 3.63) is 47.8 Å². The Bertz CT molecular complexity index is 576. The number of H-pyrrole nitrogens is 1. The Hall–Kier alpha value is -1.75. The Morgan fingerprint density at radius 3 is 2.86 bits per heavy atom. The molecule has 4 nitrogen and oxygen atoms in total. The SMILES string of the molecule is CC(CCc1cccc(F)c1)N1CCC(c2ncn[nH]2)CC1. The molecule has 5 heteroatoms. The smallest absolute Gasteiger partial charge is 0.137 e. The zero-order valence-electron chi connectivity index (χ0n) is 13.0. The number of benzene rings is 1. The van der Waals surface area contributed by atoms with E-state index in [1.165, 1.54) is 6.07 Å². The molecular weight excluding hydrogens is 279 g/mol. The van der Waals surface area contributed by atoms with Gasteiger partial charge >= 0.3 is 0 Å². The molecule has 0 bridgehead atoms. The predicted octanol–water partition coefficient (Wildman–Crippen LogP) is 3.14. The molecule has 1 unspecified atom stereocenters. The maximum absolute atomic E-state index is 13.2. The van der Waals surface area contributed by atoms with Gasteiger partial charge in [0.25, 0.3) is 0 Å². The van der Waals surface area contributed by atoms with Crippen LogP contribution < -0.4 is 0 Å². The van der Waals surface area contributed by atoms with E-state index in [0.29, 0.717) is 12.0 Å². The molecule has 0 radical (unpaired) electrons. The van der Waals surface area contributed by atoms with Crippen LogP contribution in [0.5, 0.6) is 0 Å². The maximum atomic E-state index is 13.2. The van der Waals surface area contributed by atoms with Crippen LogP contribution in [0.25, 0.3) is 0 Å². The molecular formula is C17H23FN4. The molecule has 0 amide bonds. The van der Waals surface area contributed by atoms with Crippen LogP contribution in [0.1, 0.15) is 43.5 Å². The van der Waals surface area contributed by atoms with Gasteiger partial charge in [-0.1, -0.05) is 12.1 Å². The van der Waals surface area contributed by atoms with Crippen molar-refractivity contribution in [1.82, 2.24) is 20.1 Å². The lowest BCUT2D eigenvalue weighted by molar-refractivity contribution is 0.153. The minimum atomic E-state index is -0.141. The first-order chi connectivity index (χ1) is 10.7. The summed E-state index contributed by atoms with van der Waals surface area (Å²) in [5, 5.41) is 6.93. The lowest BCUT2D eigenvalue weighted by atomic mass is 9.94. The van der Waals surface area contributed by atoms with Crippen LogP contribution in [0, 0.1) is 5.82 Å². The van der Waals surface area contributed by atoms with Gasteiger partial charge in [-0.2, -0.15) is 5.10 Å². The number of hydrogen-bond acceptors (Lipinski definition) is 3. The van der Waals surface area contributed by atoms with Crippen LogP contribution in [0.4, 0.5) is 4.39 Å². The normalized spacial score (nSPS) is 18.5. The highest BCUT2D eigenvalue weighted by molar-refractivity contribution is 5.16. The molecule has 22 heavy (non-hydrogen) atoms. The number of halogens is 1. The molecule has 2 heterocycles. The molecule has 1 aliphatic heterocycles. The third-order valence-corrected chi connectivity index (χ3v) is 4.71. The standard InChI is InChI=1S/C17H23FN4/c1-13(5-6-14-3-2-4-16(18)11-14)22-9-7-15(8-10-22)17-19-12-20-21-17/h2-4,11-13,15H,5-10H2,1H3,(H,19,20,21). The van der Waals surface area contributed by atoms with Crippen molar-refractivity contribution in [2.24, 2.45) is 0 Å². The summed E-state index contributed by atoms with van der Waals surface area (Å²) in [5.74, 6) is 1.39. The number of piperidine rings is 1. The molecule has 1 atom stereocenters. The van der Waals surface area contributed by atoms with Crippen molar-refractivity contribution >= 4 is 0 Å². The molecule has 1 aliphatic rings. The number of rotatable bonds is 5. The van der Waals surface area contributed by atoms with E-state index in [-0.39, 0.29) is 5.82 Å². The summed E-state index contributed by atoms with van der Waals surface area (Å²) in [6.45, 7) is 4.46. The Kier molecular flexibility index (Phi) is 4.83. The number of nitrogens with zero attached hydrogens (tertiary/aromatic N) is 3. The molecule has 1 aromatic carbocycles. The monoisotopic (exact) mass is 302 g/mol.